The summed E-state index contributed by atoms with van der Waals surface area (Å²) >= 11 is 0. The molecule has 1 fully saturated rings. The lowest BCUT2D eigenvalue weighted by Gasteiger charge is -2.14. The minimum atomic E-state index is -0.298. The van der Waals surface area contributed by atoms with Gasteiger partial charge in [0, 0.05) is 31.8 Å². The molecule has 0 bridgehead atoms. The van der Waals surface area contributed by atoms with Crippen molar-refractivity contribution in [2.24, 2.45) is 0 Å². The van der Waals surface area contributed by atoms with Crippen LogP contribution in [0.4, 0.5) is 10.2 Å². The summed E-state index contributed by atoms with van der Waals surface area (Å²) in [6, 6.07) is 2.13. The molecule has 2 N–H and O–H groups in total. The maximum Gasteiger partial charge on any atom is 0.141 e. The standard InChI is InChI=1S/C13H20FN3O/c1-9(18-2)6-16-13-10(5-11(14)8-17-13)7-15-12-3-4-12/h5,8-9,12,15H,3-4,6-7H2,1-2H3,(H,16,17). The molecular formula is C13H20FN3O. The fraction of sp³-hybridized carbons (Fsp3) is 0.615. The highest BCUT2D eigenvalue weighted by Gasteiger charge is 2.20. The number of ether oxygens (including phenoxy) is 1. The Hall–Kier alpha value is -1.20. The lowest BCUT2D eigenvalue weighted by atomic mass is 10.2. The van der Waals surface area contributed by atoms with Crippen LogP contribution in [0.3, 0.4) is 0 Å². The first-order chi connectivity index (χ1) is 8.69. The normalized spacial score (nSPS) is 16.6. The first-order valence-corrected chi connectivity index (χ1v) is 6.33. The van der Waals surface area contributed by atoms with Crippen LogP contribution in [-0.4, -0.2) is 30.8 Å². The van der Waals surface area contributed by atoms with E-state index in [0.29, 0.717) is 19.1 Å². The number of rotatable bonds is 7. The summed E-state index contributed by atoms with van der Waals surface area (Å²) in [5.74, 6) is 0.432. The summed E-state index contributed by atoms with van der Waals surface area (Å²) in [7, 11) is 1.67. The summed E-state index contributed by atoms with van der Waals surface area (Å²) in [5, 5.41) is 6.56. The van der Waals surface area contributed by atoms with Gasteiger partial charge in [-0.2, -0.15) is 0 Å². The molecule has 0 amide bonds. The Balaban J connectivity index is 1.97. The average Bonchev–Trinajstić information content (AvgIpc) is 3.18. The van der Waals surface area contributed by atoms with E-state index in [2.05, 4.69) is 15.6 Å². The van der Waals surface area contributed by atoms with Gasteiger partial charge in [0.2, 0.25) is 0 Å². The topological polar surface area (TPSA) is 46.2 Å². The highest BCUT2D eigenvalue weighted by Crippen LogP contribution is 2.21. The van der Waals surface area contributed by atoms with Crippen molar-refractivity contribution < 1.29 is 9.13 Å². The van der Waals surface area contributed by atoms with Gasteiger partial charge in [0.15, 0.2) is 0 Å². The highest BCUT2D eigenvalue weighted by molar-refractivity contribution is 5.44. The molecular weight excluding hydrogens is 233 g/mol. The number of nitrogens with zero attached hydrogens (tertiary/aromatic N) is 1. The van der Waals surface area contributed by atoms with Crippen LogP contribution in [0.15, 0.2) is 12.3 Å². The van der Waals surface area contributed by atoms with E-state index in [1.807, 2.05) is 6.92 Å². The van der Waals surface area contributed by atoms with E-state index in [1.165, 1.54) is 25.1 Å². The zero-order valence-corrected chi connectivity index (χ0v) is 10.9. The molecule has 1 heterocycles. The second kappa shape index (κ2) is 6.11. The van der Waals surface area contributed by atoms with Crippen LogP contribution in [0.2, 0.25) is 0 Å². The number of aromatic nitrogens is 1. The molecule has 0 saturated heterocycles. The van der Waals surface area contributed by atoms with Gasteiger partial charge in [-0.25, -0.2) is 9.37 Å². The minimum Gasteiger partial charge on any atom is -0.380 e. The van der Waals surface area contributed by atoms with Crippen molar-refractivity contribution >= 4 is 5.82 Å². The SMILES string of the molecule is COC(C)CNc1ncc(F)cc1CNC1CC1. The predicted octanol–water partition coefficient (Wildman–Crippen LogP) is 1.92. The molecule has 1 atom stereocenters. The minimum absolute atomic E-state index is 0.0982. The Labute approximate surface area is 107 Å². The molecule has 0 aliphatic heterocycles. The molecule has 1 aliphatic carbocycles. The third kappa shape index (κ3) is 3.92. The van der Waals surface area contributed by atoms with E-state index in [9.17, 15) is 4.39 Å². The fourth-order valence-corrected chi connectivity index (χ4v) is 1.64. The second-order valence-corrected chi connectivity index (χ2v) is 4.74. The Bertz CT molecular complexity index is 396. The Morgan fingerprint density at radius 2 is 2.33 bits per heavy atom. The van der Waals surface area contributed by atoms with Crippen LogP contribution in [0.5, 0.6) is 0 Å². The number of halogens is 1. The molecule has 1 unspecified atom stereocenters. The molecule has 1 saturated carbocycles. The molecule has 1 aliphatic rings. The quantitative estimate of drug-likeness (QED) is 0.779. The van der Waals surface area contributed by atoms with E-state index < -0.39 is 0 Å². The zero-order chi connectivity index (χ0) is 13.0. The van der Waals surface area contributed by atoms with Gasteiger partial charge in [-0.15, -0.1) is 0 Å². The summed E-state index contributed by atoms with van der Waals surface area (Å²) < 4.78 is 18.4. The first kappa shape index (κ1) is 13.2. The van der Waals surface area contributed by atoms with E-state index in [4.69, 9.17) is 4.74 Å². The fourth-order valence-electron chi connectivity index (χ4n) is 1.64. The number of nitrogens with one attached hydrogen (secondary N) is 2. The van der Waals surface area contributed by atoms with Crippen molar-refractivity contribution in [2.45, 2.75) is 38.5 Å². The van der Waals surface area contributed by atoms with Gasteiger partial charge >= 0.3 is 0 Å². The van der Waals surface area contributed by atoms with Crippen molar-refractivity contribution in [3.63, 3.8) is 0 Å². The summed E-state index contributed by atoms with van der Waals surface area (Å²) in [6.07, 6.45) is 3.76. The molecule has 100 valence electrons. The van der Waals surface area contributed by atoms with Gasteiger partial charge in [-0.1, -0.05) is 0 Å². The van der Waals surface area contributed by atoms with Gasteiger partial charge in [0.25, 0.3) is 0 Å². The third-order valence-electron chi connectivity index (χ3n) is 3.05. The highest BCUT2D eigenvalue weighted by atomic mass is 19.1. The van der Waals surface area contributed by atoms with Crippen LogP contribution in [0.25, 0.3) is 0 Å². The molecule has 0 radical (unpaired) electrons. The van der Waals surface area contributed by atoms with Crippen molar-refractivity contribution in [1.29, 1.82) is 0 Å². The molecule has 2 rings (SSSR count). The van der Waals surface area contributed by atoms with Crippen molar-refractivity contribution in [3.05, 3.63) is 23.6 Å². The lowest BCUT2D eigenvalue weighted by molar-refractivity contribution is 0.128. The molecule has 1 aromatic heterocycles. The Kier molecular flexibility index (Phi) is 4.49. The Morgan fingerprint density at radius 1 is 1.56 bits per heavy atom. The lowest BCUT2D eigenvalue weighted by Crippen LogP contribution is -2.21. The molecule has 18 heavy (non-hydrogen) atoms. The molecule has 0 aromatic carbocycles. The Morgan fingerprint density at radius 3 is 3.00 bits per heavy atom. The number of hydrogen-bond donors (Lipinski definition) is 2. The van der Waals surface area contributed by atoms with E-state index in [-0.39, 0.29) is 11.9 Å². The van der Waals surface area contributed by atoms with Crippen molar-refractivity contribution in [3.8, 4) is 0 Å². The summed E-state index contributed by atoms with van der Waals surface area (Å²) in [6.45, 7) is 3.28. The molecule has 4 nitrogen and oxygen atoms in total. The monoisotopic (exact) mass is 253 g/mol. The zero-order valence-electron chi connectivity index (χ0n) is 10.9. The van der Waals surface area contributed by atoms with E-state index >= 15 is 0 Å². The van der Waals surface area contributed by atoms with Crippen LogP contribution < -0.4 is 10.6 Å². The maximum atomic E-state index is 13.2. The second-order valence-electron chi connectivity index (χ2n) is 4.74. The number of pyridine rings is 1. The number of anilines is 1. The van der Waals surface area contributed by atoms with Gasteiger partial charge in [0.05, 0.1) is 12.3 Å². The molecule has 1 aromatic rings. The van der Waals surface area contributed by atoms with E-state index in [1.54, 1.807) is 7.11 Å². The number of hydrogen-bond acceptors (Lipinski definition) is 4. The smallest absolute Gasteiger partial charge is 0.141 e. The molecule has 5 heteroatoms. The summed E-state index contributed by atoms with van der Waals surface area (Å²) in [4.78, 5) is 4.10. The van der Waals surface area contributed by atoms with Crippen LogP contribution in [0.1, 0.15) is 25.3 Å². The summed E-state index contributed by atoms with van der Waals surface area (Å²) in [5.41, 5.74) is 0.866. The van der Waals surface area contributed by atoms with Gasteiger partial charge < -0.3 is 15.4 Å². The third-order valence-corrected chi connectivity index (χ3v) is 3.05. The number of methoxy groups -OCH3 is 1. The van der Waals surface area contributed by atoms with Crippen LogP contribution in [-0.2, 0) is 11.3 Å². The van der Waals surface area contributed by atoms with Crippen molar-refractivity contribution in [1.82, 2.24) is 10.3 Å². The largest absolute Gasteiger partial charge is 0.380 e. The van der Waals surface area contributed by atoms with Gasteiger partial charge in [-0.05, 0) is 25.8 Å². The van der Waals surface area contributed by atoms with Gasteiger partial charge in [0.1, 0.15) is 11.6 Å². The first-order valence-electron chi connectivity index (χ1n) is 6.33. The van der Waals surface area contributed by atoms with Crippen LogP contribution >= 0.6 is 0 Å². The maximum absolute atomic E-state index is 13.2. The predicted molar refractivity (Wildman–Crippen MR) is 69.0 cm³/mol. The van der Waals surface area contributed by atoms with E-state index in [0.717, 1.165) is 11.4 Å². The average molecular weight is 253 g/mol. The molecule has 0 spiro atoms. The van der Waals surface area contributed by atoms with Crippen LogP contribution in [0, 0.1) is 5.82 Å². The van der Waals surface area contributed by atoms with Gasteiger partial charge in [-0.3, -0.25) is 0 Å². The van der Waals surface area contributed by atoms with Crippen molar-refractivity contribution in [2.75, 3.05) is 19.0 Å².